The van der Waals surface area contributed by atoms with Gasteiger partial charge >= 0.3 is 0 Å². The van der Waals surface area contributed by atoms with E-state index in [9.17, 15) is 13.2 Å². The van der Waals surface area contributed by atoms with E-state index in [1.165, 1.54) is 4.31 Å². The van der Waals surface area contributed by atoms with Crippen molar-refractivity contribution < 1.29 is 13.2 Å². The molecule has 1 aliphatic rings. The van der Waals surface area contributed by atoms with Crippen LogP contribution in [0, 0.1) is 5.92 Å². The molecule has 1 fully saturated rings. The van der Waals surface area contributed by atoms with Gasteiger partial charge in [0.1, 0.15) is 0 Å². The standard InChI is InChI=1S/C19H31N3O3S.ClH/c1-4-6-16-7-9-17(10-8-16)26(24,25)22-13-11-21(12-14-22)19(23)18(20)15(3)5-2;/h7-10,15,18H,4-6,11-14,20H2,1-3H3;1H. The van der Waals surface area contributed by atoms with Gasteiger partial charge in [0.05, 0.1) is 10.9 Å². The summed E-state index contributed by atoms with van der Waals surface area (Å²) in [5, 5.41) is 0. The molecule has 8 heteroatoms. The van der Waals surface area contributed by atoms with Gasteiger partial charge in [0.15, 0.2) is 0 Å². The maximum absolute atomic E-state index is 12.8. The minimum Gasteiger partial charge on any atom is -0.339 e. The average Bonchev–Trinajstić information content (AvgIpc) is 2.67. The second-order valence-electron chi connectivity index (χ2n) is 7.03. The monoisotopic (exact) mass is 417 g/mol. The molecule has 0 aliphatic carbocycles. The van der Waals surface area contributed by atoms with E-state index in [1.807, 2.05) is 26.0 Å². The molecule has 27 heavy (non-hydrogen) atoms. The maximum Gasteiger partial charge on any atom is 0.243 e. The van der Waals surface area contributed by atoms with Crippen LogP contribution < -0.4 is 5.73 Å². The molecule has 154 valence electrons. The van der Waals surface area contributed by atoms with Gasteiger partial charge in [-0.05, 0) is 30.0 Å². The molecule has 2 rings (SSSR count). The highest BCUT2D eigenvalue weighted by atomic mass is 35.5. The fourth-order valence-electron chi connectivity index (χ4n) is 3.12. The van der Waals surface area contributed by atoms with Gasteiger partial charge in [-0.25, -0.2) is 8.42 Å². The fourth-order valence-corrected chi connectivity index (χ4v) is 4.55. The molecule has 1 aromatic carbocycles. The van der Waals surface area contributed by atoms with Gasteiger partial charge in [-0.3, -0.25) is 4.79 Å². The highest BCUT2D eigenvalue weighted by molar-refractivity contribution is 7.89. The Morgan fingerprint density at radius 3 is 2.15 bits per heavy atom. The summed E-state index contributed by atoms with van der Waals surface area (Å²) in [6.45, 7) is 7.44. The lowest BCUT2D eigenvalue weighted by molar-refractivity contribution is -0.134. The van der Waals surface area contributed by atoms with Crippen LogP contribution in [0.3, 0.4) is 0 Å². The molecule has 2 N–H and O–H groups in total. The lowest BCUT2D eigenvalue weighted by Crippen LogP contribution is -2.55. The van der Waals surface area contributed by atoms with Gasteiger partial charge in [-0.15, -0.1) is 12.4 Å². The predicted molar refractivity (Wildman–Crippen MR) is 110 cm³/mol. The molecule has 0 aromatic heterocycles. The first-order valence-electron chi connectivity index (χ1n) is 9.44. The van der Waals surface area contributed by atoms with Crippen LogP contribution in [0.4, 0.5) is 0 Å². The van der Waals surface area contributed by atoms with Crippen molar-refractivity contribution in [1.29, 1.82) is 0 Å². The molecule has 0 saturated carbocycles. The third-order valence-electron chi connectivity index (χ3n) is 5.19. The minimum atomic E-state index is -3.52. The Hall–Kier alpha value is -1.15. The van der Waals surface area contributed by atoms with E-state index in [1.54, 1.807) is 17.0 Å². The Morgan fingerprint density at radius 2 is 1.67 bits per heavy atom. The van der Waals surface area contributed by atoms with Gasteiger partial charge in [0, 0.05) is 26.2 Å². The van der Waals surface area contributed by atoms with E-state index in [-0.39, 0.29) is 24.2 Å². The van der Waals surface area contributed by atoms with Gasteiger partial charge in [0.2, 0.25) is 15.9 Å². The first kappa shape index (κ1) is 23.9. The minimum absolute atomic E-state index is 0. The Morgan fingerprint density at radius 1 is 1.11 bits per heavy atom. The van der Waals surface area contributed by atoms with Crippen molar-refractivity contribution in [3.63, 3.8) is 0 Å². The second-order valence-corrected chi connectivity index (χ2v) is 8.97. The van der Waals surface area contributed by atoms with Crippen molar-refractivity contribution in [2.75, 3.05) is 26.2 Å². The number of nitrogens with two attached hydrogens (primary N) is 1. The Bertz CT molecular complexity index is 701. The van der Waals surface area contributed by atoms with E-state index in [2.05, 4.69) is 6.92 Å². The number of piperazine rings is 1. The Balaban J connectivity index is 0.00000364. The number of benzene rings is 1. The topological polar surface area (TPSA) is 83.7 Å². The molecular weight excluding hydrogens is 386 g/mol. The molecule has 1 saturated heterocycles. The van der Waals surface area contributed by atoms with Gasteiger partial charge < -0.3 is 10.6 Å². The van der Waals surface area contributed by atoms with Crippen LogP contribution >= 0.6 is 12.4 Å². The first-order chi connectivity index (χ1) is 12.3. The molecule has 1 aromatic rings. The van der Waals surface area contributed by atoms with Crippen LogP contribution in [0.2, 0.25) is 0 Å². The van der Waals surface area contributed by atoms with E-state index in [4.69, 9.17) is 5.73 Å². The van der Waals surface area contributed by atoms with Crippen molar-refractivity contribution in [3.05, 3.63) is 29.8 Å². The highest BCUT2D eigenvalue weighted by Crippen LogP contribution is 2.19. The van der Waals surface area contributed by atoms with Crippen LogP contribution in [-0.4, -0.2) is 55.8 Å². The summed E-state index contributed by atoms with van der Waals surface area (Å²) >= 11 is 0. The molecule has 1 amide bonds. The third kappa shape index (κ3) is 5.67. The molecule has 2 atom stereocenters. The largest absolute Gasteiger partial charge is 0.339 e. The molecular formula is C19H32ClN3O3S. The van der Waals surface area contributed by atoms with Crippen molar-refractivity contribution in [1.82, 2.24) is 9.21 Å². The molecule has 0 bridgehead atoms. The molecule has 0 spiro atoms. The van der Waals surface area contributed by atoms with Crippen LogP contribution in [0.25, 0.3) is 0 Å². The van der Waals surface area contributed by atoms with Crippen LogP contribution in [-0.2, 0) is 21.2 Å². The lowest BCUT2D eigenvalue weighted by atomic mass is 9.99. The summed E-state index contributed by atoms with van der Waals surface area (Å²) in [5.74, 6) is 0.0335. The number of carbonyl (C=O) groups excluding carboxylic acids is 1. The Kier molecular flexibility index (Phi) is 9.21. The highest BCUT2D eigenvalue weighted by Gasteiger charge is 2.32. The summed E-state index contributed by atoms with van der Waals surface area (Å²) in [5.41, 5.74) is 7.17. The van der Waals surface area contributed by atoms with E-state index in [0.29, 0.717) is 31.1 Å². The number of rotatable bonds is 7. The number of carbonyl (C=O) groups is 1. The first-order valence-corrected chi connectivity index (χ1v) is 10.9. The zero-order valence-electron chi connectivity index (χ0n) is 16.4. The van der Waals surface area contributed by atoms with Gasteiger partial charge in [-0.1, -0.05) is 45.7 Å². The number of hydrogen-bond acceptors (Lipinski definition) is 4. The normalized spacial score (nSPS) is 17.9. The average molecular weight is 418 g/mol. The number of halogens is 1. The number of sulfonamides is 1. The van der Waals surface area contributed by atoms with E-state index < -0.39 is 16.1 Å². The maximum atomic E-state index is 12.8. The Labute approximate surface area is 169 Å². The van der Waals surface area contributed by atoms with Crippen LogP contribution in [0.1, 0.15) is 39.2 Å². The van der Waals surface area contributed by atoms with Crippen molar-refractivity contribution in [3.8, 4) is 0 Å². The smallest absolute Gasteiger partial charge is 0.243 e. The lowest BCUT2D eigenvalue weighted by Gasteiger charge is -2.36. The fraction of sp³-hybridized carbons (Fsp3) is 0.632. The van der Waals surface area contributed by atoms with E-state index >= 15 is 0 Å². The predicted octanol–water partition coefficient (Wildman–Crippen LogP) is 2.27. The van der Waals surface area contributed by atoms with Crippen molar-refractivity contribution in [2.45, 2.75) is 51.0 Å². The summed E-state index contributed by atoms with van der Waals surface area (Å²) in [7, 11) is -3.52. The number of amides is 1. The van der Waals surface area contributed by atoms with E-state index in [0.717, 1.165) is 24.8 Å². The molecule has 1 heterocycles. The van der Waals surface area contributed by atoms with Gasteiger partial charge in [-0.2, -0.15) is 4.31 Å². The SMILES string of the molecule is CCCc1ccc(S(=O)(=O)N2CCN(C(=O)C(N)C(C)CC)CC2)cc1.Cl. The van der Waals surface area contributed by atoms with Crippen LogP contribution in [0.5, 0.6) is 0 Å². The van der Waals surface area contributed by atoms with Crippen molar-refractivity contribution >= 4 is 28.3 Å². The number of aryl methyl sites for hydroxylation is 1. The second kappa shape index (κ2) is 10.4. The summed E-state index contributed by atoms with van der Waals surface area (Å²) in [6, 6.07) is 6.59. The molecule has 6 nitrogen and oxygen atoms in total. The quantitative estimate of drug-likeness (QED) is 0.737. The molecule has 2 unspecified atom stereocenters. The summed E-state index contributed by atoms with van der Waals surface area (Å²) in [4.78, 5) is 14.5. The van der Waals surface area contributed by atoms with Gasteiger partial charge in [0.25, 0.3) is 0 Å². The van der Waals surface area contributed by atoms with Crippen LogP contribution in [0.15, 0.2) is 29.2 Å². The summed E-state index contributed by atoms with van der Waals surface area (Å²) in [6.07, 6.45) is 2.81. The zero-order chi connectivity index (χ0) is 19.3. The number of hydrogen-bond donors (Lipinski definition) is 1. The van der Waals surface area contributed by atoms with Crippen molar-refractivity contribution in [2.24, 2.45) is 11.7 Å². The molecule has 0 radical (unpaired) electrons. The number of nitrogens with zero attached hydrogens (tertiary/aromatic N) is 2. The zero-order valence-corrected chi connectivity index (χ0v) is 18.1. The summed E-state index contributed by atoms with van der Waals surface area (Å²) < 4.78 is 27.1. The third-order valence-corrected chi connectivity index (χ3v) is 7.11. The molecule has 1 aliphatic heterocycles.